The molecular weight excluding hydrogens is 918 g/mol. The topological polar surface area (TPSA) is 210 Å². The number of aromatic nitrogens is 4. The van der Waals surface area contributed by atoms with Crippen LogP contribution in [0.25, 0.3) is 11.3 Å². The van der Waals surface area contributed by atoms with E-state index in [4.69, 9.17) is 15.6 Å². The molecule has 4 aliphatic heterocycles. The molecule has 17 nitrogen and oxygen atoms in total. The van der Waals surface area contributed by atoms with Gasteiger partial charge in [0.05, 0.1) is 24.1 Å². The van der Waals surface area contributed by atoms with E-state index in [1.54, 1.807) is 60.8 Å². The molecule has 4 saturated heterocycles. The highest BCUT2D eigenvalue weighted by Gasteiger charge is 2.48. The molecule has 6 heterocycles. The lowest BCUT2D eigenvalue weighted by atomic mass is 9.59. The number of hydrogen-bond acceptors (Lipinski definition) is 12. The Kier molecular flexibility index (Phi) is 14.4. The van der Waals surface area contributed by atoms with Crippen LogP contribution in [0.1, 0.15) is 113 Å². The van der Waals surface area contributed by atoms with Gasteiger partial charge in [-0.05, 0) is 131 Å². The molecule has 4 amide bonds. The third-order valence-corrected chi connectivity index (χ3v) is 15.6. The molecule has 3 aromatic carbocycles. The number of amides is 4. The zero-order chi connectivity index (χ0) is 49.8. The second-order valence-electron chi connectivity index (χ2n) is 20.3. The third-order valence-electron chi connectivity index (χ3n) is 15.6. The number of carbonyl (C=O) groups is 5. The van der Waals surface area contributed by atoms with Crippen LogP contribution in [0.4, 0.5) is 15.9 Å². The molecule has 10 rings (SSSR count). The number of piperidine rings is 4. The van der Waals surface area contributed by atoms with Crippen molar-refractivity contribution >= 4 is 41.1 Å². The van der Waals surface area contributed by atoms with Crippen LogP contribution >= 0.6 is 0 Å². The first-order valence-corrected chi connectivity index (χ1v) is 25.4. The lowest BCUT2D eigenvalue weighted by molar-refractivity contribution is -0.125. The maximum atomic E-state index is 13.6. The van der Waals surface area contributed by atoms with Gasteiger partial charge < -0.3 is 41.1 Å². The number of likely N-dealkylation sites (tertiary alicyclic amines) is 3. The summed E-state index contributed by atoms with van der Waals surface area (Å²) < 4.78 is 21.2. The van der Waals surface area contributed by atoms with E-state index in [0.717, 1.165) is 71.5 Å². The van der Waals surface area contributed by atoms with Crippen LogP contribution < -0.4 is 21.7 Å². The highest BCUT2D eigenvalue weighted by molar-refractivity contribution is 5.99. The first kappa shape index (κ1) is 48.6. The van der Waals surface area contributed by atoms with Crippen molar-refractivity contribution in [1.82, 2.24) is 45.1 Å². The summed E-state index contributed by atoms with van der Waals surface area (Å²) in [6.07, 6.45) is 13.8. The molecular formula is C54H62FN11O6. The Morgan fingerprint density at radius 3 is 2.24 bits per heavy atom. The summed E-state index contributed by atoms with van der Waals surface area (Å²) in [7, 11) is 0. The van der Waals surface area contributed by atoms with Crippen molar-refractivity contribution in [2.24, 2.45) is 11.3 Å². The van der Waals surface area contributed by atoms with Crippen molar-refractivity contribution in [3.05, 3.63) is 126 Å². The molecule has 72 heavy (non-hydrogen) atoms. The molecule has 0 bridgehead atoms. The molecule has 5 fully saturated rings. The van der Waals surface area contributed by atoms with Gasteiger partial charge in [0, 0.05) is 91.9 Å². The molecule has 2 aromatic heterocycles. The van der Waals surface area contributed by atoms with Gasteiger partial charge in [0.15, 0.2) is 11.5 Å². The van der Waals surface area contributed by atoms with Gasteiger partial charge in [0.1, 0.15) is 5.82 Å². The van der Waals surface area contributed by atoms with E-state index in [0.29, 0.717) is 70.4 Å². The Hall–Kier alpha value is -7.05. The standard InChI is InChI=1S/C54H62FN11O6/c55-40-10-12-41(13-11-40)60-51(69)48(36-4-2-1-3-5-36)72-53(71)47-49(56)58-32-45(62-47)39-30-59-66(34-39)43-18-24-64(25-19-43)44-28-54(29-44)20-26-63(27-21-54)33-35-16-22-65(23-17-35)52(70)38-8-6-37(7-9-38)50(68)61-42-14-15-46(67)57-31-42/h1-13,30,32,34-35,42-44,48H,14-29,31,33H2,(H2,56,58)(H,57,67)(H,60,69)(H,61,68)/t42?,48-/m1/s1. The minimum Gasteiger partial charge on any atom is -0.442 e. The molecule has 1 saturated carbocycles. The van der Waals surface area contributed by atoms with Crippen LogP contribution in [0.5, 0.6) is 0 Å². The monoisotopic (exact) mass is 979 g/mol. The number of nitrogens with zero attached hydrogens (tertiary/aromatic N) is 7. The predicted octanol–water partition coefficient (Wildman–Crippen LogP) is 6.04. The SMILES string of the molecule is Nc1ncc(-c2cnn(C3CCN(C4CC5(CCN(CC6CCN(C(=O)c7ccc(C(=O)NC8CCC(=O)NC8)cc7)CC6)CC5)C4)CC3)c2)nc1C(=O)O[C@@H](C(=O)Nc1ccc(F)cc1)c1ccccc1. The van der Waals surface area contributed by atoms with Crippen molar-refractivity contribution in [2.75, 3.05) is 63.4 Å². The fraction of sp³-hybridized carbons (Fsp3) is 0.444. The molecule has 1 aliphatic carbocycles. The Bertz CT molecular complexity index is 2730. The molecule has 5 aromatic rings. The maximum Gasteiger partial charge on any atom is 0.361 e. The van der Waals surface area contributed by atoms with Gasteiger partial charge in [0.25, 0.3) is 17.7 Å². The Labute approximate surface area is 418 Å². The normalized spacial score (nSPS) is 20.5. The van der Waals surface area contributed by atoms with E-state index >= 15 is 0 Å². The van der Waals surface area contributed by atoms with Gasteiger partial charge in [-0.1, -0.05) is 30.3 Å². The number of nitrogens with two attached hydrogens (primary N) is 1. The van der Waals surface area contributed by atoms with E-state index in [1.807, 2.05) is 15.8 Å². The highest BCUT2D eigenvalue weighted by atomic mass is 19.1. The Morgan fingerprint density at radius 1 is 0.833 bits per heavy atom. The van der Waals surface area contributed by atoms with E-state index in [9.17, 15) is 28.4 Å². The van der Waals surface area contributed by atoms with Gasteiger partial charge in [-0.25, -0.2) is 19.2 Å². The predicted molar refractivity (Wildman–Crippen MR) is 267 cm³/mol. The summed E-state index contributed by atoms with van der Waals surface area (Å²) in [5.41, 5.74) is 9.32. The van der Waals surface area contributed by atoms with Crippen LogP contribution in [0.15, 0.2) is 97.5 Å². The minimum absolute atomic E-state index is 0.0103. The average Bonchev–Trinajstić information content (AvgIpc) is 3.90. The fourth-order valence-electron chi connectivity index (χ4n) is 11.2. The van der Waals surface area contributed by atoms with E-state index in [2.05, 4.69) is 35.7 Å². The summed E-state index contributed by atoms with van der Waals surface area (Å²) in [6, 6.07) is 21.5. The number of carbonyl (C=O) groups excluding carboxylic acids is 5. The van der Waals surface area contributed by atoms with Crippen LogP contribution in [0.3, 0.4) is 0 Å². The lowest BCUT2D eigenvalue weighted by Crippen LogP contribution is -2.56. The van der Waals surface area contributed by atoms with E-state index in [-0.39, 0.29) is 41.3 Å². The zero-order valence-corrected chi connectivity index (χ0v) is 40.4. The van der Waals surface area contributed by atoms with Gasteiger partial charge in [-0.15, -0.1) is 0 Å². The van der Waals surface area contributed by atoms with Gasteiger partial charge >= 0.3 is 5.97 Å². The summed E-state index contributed by atoms with van der Waals surface area (Å²) >= 11 is 0. The number of rotatable bonds is 13. The van der Waals surface area contributed by atoms with E-state index < -0.39 is 23.8 Å². The summed E-state index contributed by atoms with van der Waals surface area (Å²) in [5.74, 6) is -1.73. The molecule has 5 N–H and O–H groups in total. The van der Waals surface area contributed by atoms with Crippen LogP contribution in [-0.2, 0) is 14.3 Å². The summed E-state index contributed by atoms with van der Waals surface area (Å²) in [6.45, 7) is 7.31. The summed E-state index contributed by atoms with van der Waals surface area (Å²) in [5, 5.41) is 13.1. The number of esters is 1. The minimum atomic E-state index is -1.35. The molecule has 0 radical (unpaired) electrons. The quantitative estimate of drug-likeness (QED) is 0.0996. The Morgan fingerprint density at radius 2 is 1.54 bits per heavy atom. The van der Waals surface area contributed by atoms with Crippen molar-refractivity contribution in [1.29, 1.82) is 0 Å². The van der Waals surface area contributed by atoms with Gasteiger partial charge in [-0.2, -0.15) is 5.10 Å². The molecule has 5 aliphatic rings. The van der Waals surface area contributed by atoms with Crippen molar-refractivity contribution in [3.63, 3.8) is 0 Å². The molecule has 1 spiro atoms. The number of hydrogen-bond donors (Lipinski definition) is 4. The maximum absolute atomic E-state index is 13.6. The lowest BCUT2D eigenvalue weighted by Gasteiger charge is -2.56. The van der Waals surface area contributed by atoms with E-state index in [1.165, 1.54) is 56.1 Å². The van der Waals surface area contributed by atoms with Crippen molar-refractivity contribution in [2.45, 2.75) is 88.4 Å². The van der Waals surface area contributed by atoms with Crippen molar-refractivity contribution in [3.8, 4) is 11.3 Å². The van der Waals surface area contributed by atoms with Crippen molar-refractivity contribution < 1.29 is 33.1 Å². The largest absolute Gasteiger partial charge is 0.442 e. The summed E-state index contributed by atoms with van der Waals surface area (Å²) in [4.78, 5) is 80.7. The van der Waals surface area contributed by atoms with Crippen LogP contribution in [0, 0.1) is 17.2 Å². The zero-order valence-electron chi connectivity index (χ0n) is 40.4. The molecule has 1 unspecified atom stereocenters. The third kappa shape index (κ3) is 11.2. The Balaban J connectivity index is 0.648. The first-order valence-electron chi connectivity index (χ1n) is 25.4. The smallest absolute Gasteiger partial charge is 0.361 e. The van der Waals surface area contributed by atoms with Crippen LogP contribution in [-0.4, -0.2) is 128 Å². The fourth-order valence-corrected chi connectivity index (χ4v) is 11.2. The average molecular weight is 980 g/mol. The molecule has 18 heteroatoms. The number of ether oxygens (including phenoxy) is 1. The number of nitrogen functional groups attached to an aromatic ring is 1. The number of benzene rings is 3. The number of nitrogens with one attached hydrogen (secondary N) is 3. The van der Waals surface area contributed by atoms with Crippen LogP contribution in [0.2, 0.25) is 0 Å². The molecule has 2 atom stereocenters. The van der Waals surface area contributed by atoms with Gasteiger partial charge in [-0.3, -0.25) is 23.9 Å². The molecule has 376 valence electrons. The van der Waals surface area contributed by atoms with Gasteiger partial charge in [0.2, 0.25) is 12.0 Å². The highest BCUT2D eigenvalue weighted by Crippen LogP contribution is 2.51. The second kappa shape index (κ2) is 21.3. The number of halogens is 1. The first-order chi connectivity index (χ1) is 34.9. The second-order valence-corrected chi connectivity index (χ2v) is 20.3. The number of anilines is 2.